The zero-order valence-electron chi connectivity index (χ0n) is 11.0. The van der Waals surface area contributed by atoms with Gasteiger partial charge in [-0.2, -0.15) is 0 Å². The maximum absolute atomic E-state index is 11.8. The molecule has 0 aromatic heterocycles. The fourth-order valence-electron chi connectivity index (χ4n) is 2.19. The molecule has 2 atom stereocenters. The summed E-state index contributed by atoms with van der Waals surface area (Å²) in [6, 6.07) is 7.62. The molecule has 1 saturated heterocycles. The molecule has 1 aromatic carbocycles. The van der Waals surface area contributed by atoms with Gasteiger partial charge < -0.3 is 15.4 Å². The smallest absolute Gasteiger partial charge is 0.258 e. The van der Waals surface area contributed by atoms with E-state index in [4.69, 9.17) is 16.3 Å². The Morgan fingerprint density at radius 1 is 1.53 bits per heavy atom. The highest BCUT2D eigenvalue weighted by molar-refractivity contribution is 6.32. The third kappa shape index (κ3) is 4.11. The van der Waals surface area contributed by atoms with Crippen molar-refractivity contribution in [3.8, 4) is 5.75 Å². The second-order valence-corrected chi connectivity index (χ2v) is 5.19. The molecule has 5 heteroatoms. The number of carbonyl (C=O) groups is 1. The Hall–Kier alpha value is -1.26. The van der Waals surface area contributed by atoms with Gasteiger partial charge in [0, 0.05) is 12.1 Å². The topological polar surface area (TPSA) is 50.4 Å². The van der Waals surface area contributed by atoms with Gasteiger partial charge in [-0.15, -0.1) is 0 Å². The number of carbonyl (C=O) groups excluding carboxylic acids is 1. The first-order valence-corrected chi connectivity index (χ1v) is 6.94. The van der Waals surface area contributed by atoms with Crippen LogP contribution in [0.2, 0.25) is 5.02 Å². The van der Waals surface area contributed by atoms with Gasteiger partial charge in [0.2, 0.25) is 0 Å². The van der Waals surface area contributed by atoms with E-state index in [0.29, 0.717) is 16.8 Å². The van der Waals surface area contributed by atoms with Crippen molar-refractivity contribution in [3.05, 3.63) is 29.3 Å². The van der Waals surface area contributed by atoms with Crippen LogP contribution in [0.25, 0.3) is 0 Å². The van der Waals surface area contributed by atoms with Crippen LogP contribution in [0.5, 0.6) is 5.75 Å². The van der Waals surface area contributed by atoms with E-state index in [2.05, 4.69) is 17.6 Å². The number of piperidine rings is 1. The zero-order chi connectivity index (χ0) is 13.7. The monoisotopic (exact) mass is 282 g/mol. The lowest BCUT2D eigenvalue weighted by Crippen LogP contribution is -2.52. The third-order valence-electron chi connectivity index (χ3n) is 3.30. The first-order valence-electron chi connectivity index (χ1n) is 6.57. The van der Waals surface area contributed by atoms with Gasteiger partial charge in [0.05, 0.1) is 5.02 Å². The van der Waals surface area contributed by atoms with Gasteiger partial charge in [-0.1, -0.05) is 23.7 Å². The predicted octanol–water partition coefficient (Wildman–Crippen LogP) is 1.98. The minimum atomic E-state index is -0.111. The predicted molar refractivity (Wildman–Crippen MR) is 75.6 cm³/mol. The average molecular weight is 283 g/mol. The van der Waals surface area contributed by atoms with Crippen molar-refractivity contribution >= 4 is 17.5 Å². The van der Waals surface area contributed by atoms with E-state index in [0.717, 1.165) is 19.4 Å². The van der Waals surface area contributed by atoms with Gasteiger partial charge in [0.1, 0.15) is 5.75 Å². The normalized spacial score (nSPS) is 22.8. The van der Waals surface area contributed by atoms with Crippen LogP contribution in [0.15, 0.2) is 24.3 Å². The summed E-state index contributed by atoms with van der Waals surface area (Å²) in [6.07, 6.45) is 2.09. The largest absolute Gasteiger partial charge is 0.482 e. The van der Waals surface area contributed by atoms with Crippen LogP contribution in [-0.4, -0.2) is 31.1 Å². The summed E-state index contributed by atoms with van der Waals surface area (Å²) in [4.78, 5) is 11.8. The van der Waals surface area contributed by atoms with Gasteiger partial charge in [-0.3, -0.25) is 4.79 Å². The van der Waals surface area contributed by atoms with Gasteiger partial charge in [-0.05, 0) is 38.4 Å². The molecule has 0 spiro atoms. The second-order valence-electron chi connectivity index (χ2n) is 4.78. The number of para-hydroxylation sites is 1. The van der Waals surface area contributed by atoms with E-state index in [1.165, 1.54) is 0 Å². The molecule has 2 rings (SSSR count). The van der Waals surface area contributed by atoms with Gasteiger partial charge in [0.25, 0.3) is 5.91 Å². The molecule has 19 heavy (non-hydrogen) atoms. The fraction of sp³-hybridized carbons (Fsp3) is 0.500. The molecule has 1 heterocycles. The van der Waals surface area contributed by atoms with Crippen molar-refractivity contribution in [2.45, 2.75) is 31.8 Å². The number of hydrogen-bond acceptors (Lipinski definition) is 3. The Morgan fingerprint density at radius 3 is 3.05 bits per heavy atom. The summed E-state index contributed by atoms with van der Waals surface area (Å²) < 4.78 is 5.41. The summed E-state index contributed by atoms with van der Waals surface area (Å²) >= 11 is 5.96. The molecule has 0 bridgehead atoms. The number of ether oxygens (including phenoxy) is 1. The Morgan fingerprint density at radius 2 is 2.32 bits per heavy atom. The van der Waals surface area contributed by atoms with E-state index in [-0.39, 0.29) is 18.6 Å². The van der Waals surface area contributed by atoms with E-state index < -0.39 is 0 Å². The first-order chi connectivity index (χ1) is 9.16. The second kappa shape index (κ2) is 6.78. The number of rotatable bonds is 4. The molecule has 2 N–H and O–H groups in total. The molecular formula is C14H19ClN2O2. The van der Waals surface area contributed by atoms with Crippen LogP contribution in [0.1, 0.15) is 19.8 Å². The lowest BCUT2D eigenvalue weighted by atomic mass is 10.00. The summed E-state index contributed by atoms with van der Waals surface area (Å²) in [5.74, 6) is 0.426. The van der Waals surface area contributed by atoms with Crippen LogP contribution < -0.4 is 15.4 Å². The molecular weight excluding hydrogens is 264 g/mol. The molecule has 1 fully saturated rings. The van der Waals surface area contributed by atoms with Crippen LogP contribution in [0.3, 0.4) is 0 Å². The summed E-state index contributed by atoms with van der Waals surface area (Å²) in [5, 5.41) is 6.85. The average Bonchev–Trinajstić information content (AvgIpc) is 2.40. The molecule has 1 aliphatic heterocycles. The van der Waals surface area contributed by atoms with Crippen molar-refractivity contribution in [3.63, 3.8) is 0 Å². The summed E-state index contributed by atoms with van der Waals surface area (Å²) in [5.41, 5.74) is 0. The lowest BCUT2D eigenvalue weighted by molar-refractivity contribution is -0.124. The first kappa shape index (κ1) is 14.2. The third-order valence-corrected chi connectivity index (χ3v) is 3.62. The number of hydrogen-bond donors (Lipinski definition) is 2. The van der Waals surface area contributed by atoms with Gasteiger partial charge in [-0.25, -0.2) is 0 Å². The van der Waals surface area contributed by atoms with Crippen molar-refractivity contribution in [2.24, 2.45) is 0 Å². The fourth-order valence-corrected chi connectivity index (χ4v) is 2.38. The zero-order valence-corrected chi connectivity index (χ0v) is 11.7. The van der Waals surface area contributed by atoms with Crippen molar-refractivity contribution < 1.29 is 9.53 Å². The Labute approximate surface area is 118 Å². The Kier molecular flexibility index (Phi) is 5.05. The van der Waals surface area contributed by atoms with Crippen molar-refractivity contribution in [1.29, 1.82) is 0 Å². The number of halogens is 1. The molecule has 0 saturated carbocycles. The lowest BCUT2D eigenvalue weighted by Gasteiger charge is -2.30. The highest BCUT2D eigenvalue weighted by atomic mass is 35.5. The van der Waals surface area contributed by atoms with Crippen molar-refractivity contribution in [2.75, 3.05) is 13.2 Å². The Bertz CT molecular complexity index is 439. The summed E-state index contributed by atoms with van der Waals surface area (Å²) in [7, 11) is 0. The molecule has 1 aromatic rings. The van der Waals surface area contributed by atoms with E-state index in [1.54, 1.807) is 12.1 Å². The maximum Gasteiger partial charge on any atom is 0.258 e. The number of benzene rings is 1. The molecule has 4 nitrogen and oxygen atoms in total. The van der Waals surface area contributed by atoms with Crippen molar-refractivity contribution in [1.82, 2.24) is 10.6 Å². The van der Waals surface area contributed by atoms with Crippen LogP contribution in [0, 0.1) is 0 Å². The highest BCUT2D eigenvalue weighted by Crippen LogP contribution is 2.22. The number of amides is 1. The Balaban J connectivity index is 1.80. The molecule has 104 valence electrons. The summed E-state index contributed by atoms with van der Waals surface area (Å²) in [6.45, 7) is 3.09. The molecule has 0 aliphatic carbocycles. The van der Waals surface area contributed by atoms with E-state index >= 15 is 0 Å². The van der Waals surface area contributed by atoms with E-state index in [9.17, 15) is 4.79 Å². The molecule has 1 aliphatic rings. The standard InChI is InChI=1S/C14H19ClN2O2/c1-10-12(6-4-8-16-10)17-14(18)9-19-13-7-3-2-5-11(13)15/h2-3,5,7,10,12,16H,4,6,8-9H2,1H3,(H,17,18). The molecule has 1 amide bonds. The maximum atomic E-state index is 11.8. The minimum Gasteiger partial charge on any atom is -0.482 e. The van der Waals surface area contributed by atoms with Crippen LogP contribution in [-0.2, 0) is 4.79 Å². The van der Waals surface area contributed by atoms with Gasteiger partial charge >= 0.3 is 0 Å². The van der Waals surface area contributed by atoms with Gasteiger partial charge in [0.15, 0.2) is 6.61 Å². The number of nitrogens with one attached hydrogen (secondary N) is 2. The van der Waals surface area contributed by atoms with Crippen LogP contribution >= 0.6 is 11.6 Å². The molecule has 2 unspecified atom stereocenters. The minimum absolute atomic E-state index is 0.00699. The van der Waals surface area contributed by atoms with Crippen LogP contribution in [0.4, 0.5) is 0 Å². The molecule has 0 radical (unpaired) electrons. The SMILES string of the molecule is CC1NCCCC1NC(=O)COc1ccccc1Cl. The quantitative estimate of drug-likeness (QED) is 0.888. The highest BCUT2D eigenvalue weighted by Gasteiger charge is 2.22. The van der Waals surface area contributed by atoms with E-state index in [1.807, 2.05) is 12.1 Å².